The third kappa shape index (κ3) is 2.83. The van der Waals surface area contributed by atoms with Crippen molar-refractivity contribution in [2.24, 2.45) is 7.05 Å². The number of imidazole rings is 1. The van der Waals surface area contributed by atoms with Crippen LogP contribution in [0.4, 0.5) is 4.79 Å². The van der Waals surface area contributed by atoms with Crippen LogP contribution in [0.3, 0.4) is 0 Å². The fourth-order valence-electron chi connectivity index (χ4n) is 1.88. The number of carboxylic acid groups (broad SMARTS) is 1. The molecule has 8 heteroatoms. The van der Waals surface area contributed by atoms with Crippen LogP contribution in [-0.4, -0.2) is 61.2 Å². The number of carboxylic acids is 1. The fraction of sp³-hybridized carbons (Fsp3) is 0.545. The van der Waals surface area contributed by atoms with Crippen molar-refractivity contribution in [1.82, 2.24) is 19.4 Å². The number of nitrogens with zero attached hydrogens (tertiary/aromatic N) is 4. The van der Waals surface area contributed by atoms with E-state index in [0.717, 1.165) is 5.82 Å². The number of aliphatic carboxylic acids is 1. The molecular formula is C11H16N4O3S. The summed E-state index contributed by atoms with van der Waals surface area (Å²) in [4.78, 5) is 30.3. The first-order valence-electron chi connectivity index (χ1n) is 5.79. The summed E-state index contributed by atoms with van der Waals surface area (Å²) in [7, 11) is 3.51. The van der Waals surface area contributed by atoms with Gasteiger partial charge in [-0.25, -0.2) is 14.6 Å². The first-order chi connectivity index (χ1) is 9.00. The smallest absolute Gasteiger partial charge is 0.327 e. The van der Waals surface area contributed by atoms with Crippen molar-refractivity contribution in [2.75, 3.05) is 18.7 Å². The Bertz CT molecular complexity index is 490. The average Bonchev–Trinajstić information content (AvgIpc) is 2.98. The number of hydrogen-bond acceptors (Lipinski definition) is 4. The maximum absolute atomic E-state index is 12.2. The van der Waals surface area contributed by atoms with Crippen molar-refractivity contribution in [1.29, 1.82) is 0 Å². The highest BCUT2D eigenvalue weighted by Gasteiger charge is 2.36. The van der Waals surface area contributed by atoms with Gasteiger partial charge in [-0.15, -0.1) is 11.8 Å². The molecule has 0 bridgehead atoms. The number of hydrogen-bond donors (Lipinski definition) is 1. The van der Waals surface area contributed by atoms with Crippen LogP contribution in [0.5, 0.6) is 0 Å². The summed E-state index contributed by atoms with van der Waals surface area (Å²) in [5, 5.41) is 9.07. The van der Waals surface area contributed by atoms with Gasteiger partial charge in [-0.05, 0) is 0 Å². The van der Waals surface area contributed by atoms with Crippen LogP contribution in [-0.2, 0) is 18.4 Å². The molecule has 2 amide bonds. The number of aromatic nitrogens is 2. The molecule has 1 saturated heterocycles. The highest BCUT2D eigenvalue weighted by Crippen LogP contribution is 2.22. The summed E-state index contributed by atoms with van der Waals surface area (Å²) in [6, 6.07) is -1.01. The maximum Gasteiger partial charge on any atom is 0.327 e. The molecule has 0 saturated carbocycles. The average molecular weight is 284 g/mol. The van der Waals surface area contributed by atoms with Crippen molar-refractivity contribution in [2.45, 2.75) is 12.6 Å². The molecule has 19 heavy (non-hydrogen) atoms. The van der Waals surface area contributed by atoms with Crippen LogP contribution in [0.1, 0.15) is 5.82 Å². The minimum atomic E-state index is -0.955. The lowest BCUT2D eigenvalue weighted by Crippen LogP contribution is -2.47. The van der Waals surface area contributed by atoms with Crippen LogP contribution in [0.25, 0.3) is 0 Å². The van der Waals surface area contributed by atoms with Crippen LogP contribution < -0.4 is 0 Å². The normalized spacial score (nSPS) is 18.6. The summed E-state index contributed by atoms with van der Waals surface area (Å²) in [6.45, 7) is 0.357. The van der Waals surface area contributed by atoms with E-state index in [2.05, 4.69) is 4.98 Å². The summed E-state index contributed by atoms with van der Waals surface area (Å²) in [6.07, 6.45) is 3.47. The maximum atomic E-state index is 12.2. The Kier molecular flexibility index (Phi) is 3.98. The SMILES string of the molecule is CN(Cc1nccn1C)C(=O)N1CSCC1C(=O)O. The van der Waals surface area contributed by atoms with Crippen molar-refractivity contribution in [3.63, 3.8) is 0 Å². The monoisotopic (exact) mass is 284 g/mol. The van der Waals surface area contributed by atoms with Gasteiger partial charge < -0.3 is 19.5 Å². The van der Waals surface area contributed by atoms with Gasteiger partial charge in [0, 0.05) is 32.2 Å². The number of urea groups is 1. The number of amides is 2. The quantitative estimate of drug-likeness (QED) is 0.871. The minimum absolute atomic E-state index is 0.277. The number of rotatable bonds is 3. The van der Waals surface area contributed by atoms with Crippen molar-refractivity contribution < 1.29 is 14.7 Å². The Morgan fingerprint density at radius 3 is 2.95 bits per heavy atom. The van der Waals surface area contributed by atoms with Gasteiger partial charge in [0.2, 0.25) is 0 Å². The van der Waals surface area contributed by atoms with E-state index in [1.807, 2.05) is 11.6 Å². The van der Waals surface area contributed by atoms with Gasteiger partial charge in [-0.1, -0.05) is 0 Å². The van der Waals surface area contributed by atoms with Crippen LogP contribution in [0.2, 0.25) is 0 Å². The molecule has 0 aromatic carbocycles. The Balaban J connectivity index is 2.03. The number of aryl methyl sites for hydroxylation is 1. The van der Waals surface area contributed by atoms with E-state index in [9.17, 15) is 9.59 Å². The van der Waals surface area contributed by atoms with E-state index in [0.29, 0.717) is 18.2 Å². The number of carbonyl (C=O) groups is 2. The highest BCUT2D eigenvalue weighted by molar-refractivity contribution is 7.99. The van der Waals surface area contributed by atoms with E-state index in [4.69, 9.17) is 5.11 Å². The molecule has 2 heterocycles. The minimum Gasteiger partial charge on any atom is -0.480 e. The zero-order chi connectivity index (χ0) is 14.0. The molecule has 0 radical (unpaired) electrons. The molecular weight excluding hydrogens is 268 g/mol. The molecule has 1 atom stereocenters. The summed E-state index contributed by atoms with van der Waals surface area (Å²) in [5.74, 6) is 0.663. The van der Waals surface area contributed by atoms with Crippen LogP contribution >= 0.6 is 11.8 Å². The predicted octanol–water partition coefficient (Wildman–Crippen LogP) is 0.431. The third-order valence-corrected chi connectivity index (χ3v) is 4.05. The van der Waals surface area contributed by atoms with E-state index in [1.54, 1.807) is 19.4 Å². The molecule has 7 nitrogen and oxygen atoms in total. The molecule has 1 aliphatic rings. The highest BCUT2D eigenvalue weighted by atomic mass is 32.2. The van der Waals surface area contributed by atoms with Gasteiger partial charge in [0.1, 0.15) is 11.9 Å². The van der Waals surface area contributed by atoms with E-state index < -0.39 is 12.0 Å². The third-order valence-electron chi connectivity index (χ3n) is 3.04. The van der Waals surface area contributed by atoms with Gasteiger partial charge in [0.25, 0.3) is 0 Å². The lowest BCUT2D eigenvalue weighted by molar-refractivity contribution is -0.140. The molecule has 1 N–H and O–H groups in total. The number of carbonyl (C=O) groups excluding carboxylic acids is 1. The largest absolute Gasteiger partial charge is 0.480 e. The summed E-state index contributed by atoms with van der Waals surface area (Å²) < 4.78 is 1.83. The second-order valence-electron chi connectivity index (χ2n) is 4.42. The van der Waals surface area contributed by atoms with E-state index in [-0.39, 0.29) is 6.03 Å². The van der Waals surface area contributed by atoms with Gasteiger partial charge >= 0.3 is 12.0 Å². The van der Waals surface area contributed by atoms with Gasteiger partial charge in [0.05, 0.1) is 12.4 Å². The molecule has 1 aromatic heterocycles. The predicted molar refractivity (Wildman–Crippen MR) is 70.7 cm³/mol. The molecule has 1 unspecified atom stereocenters. The zero-order valence-corrected chi connectivity index (χ0v) is 11.6. The molecule has 104 valence electrons. The molecule has 0 aliphatic carbocycles. The number of thioether (sulfide) groups is 1. The summed E-state index contributed by atoms with van der Waals surface area (Å²) in [5.41, 5.74) is 0. The van der Waals surface area contributed by atoms with Crippen molar-refractivity contribution in [3.8, 4) is 0 Å². The lowest BCUT2D eigenvalue weighted by Gasteiger charge is -2.26. The molecule has 0 spiro atoms. The van der Waals surface area contributed by atoms with Crippen molar-refractivity contribution >= 4 is 23.8 Å². The standard InChI is InChI=1S/C11H16N4O3S/c1-13-4-3-12-9(13)5-14(2)11(18)15-7-19-6-8(15)10(16)17/h3-4,8H,5-7H2,1-2H3,(H,16,17). The second-order valence-corrected chi connectivity index (χ2v) is 5.42. The molecule has 2 rings (SSSR count). The van der Waals surface area contributed by atoms with E-state index >= 15 is 0 Å². The first kappa shape index (κ1) is 13.7. The van der Waals surface area contributed by atoms with Crippen molar-refractivity contribution in [3.05, 3.63) is 18.2 Å². The Morgan fingerprint density at radius 2 is 2.37 bits per heavy atom. The second kappa shape index (κ2) is 5.52. The Labute approximate surface area is 115 Å². The van der Waals surface area contributed by atoms with Gasteiger partial charge in [0.15, 0.2) is 0 Å². The zero-order valence-electron chi connectivity index (χ0n) is 10.8. The summed E-state index contributed by atoms with van der Waals surface area (Å²) >= 11 is 1.45. The molecule has 1 aromatic rings. The Morgan fingerprint density at radius 1 is 1.63 bits per heavy atom. The first-order valence-corrected chi connectivity index (χ1v) is 6.94. The topological polar surface area (TPSA) is 78.7 Å². The van der Waals surface area contributed by atoms with Gasteiger partial charge in [-0.2, -0.15) is 0 Å². The molecule has 1 aliphatic heterocycles. The lowest BCUT2D eigenvalue weighted by atomic mass is 10.3. The van der Waals surface area contributed by atoms with Crippen LogP contribution in [0.15, 0.2) is 12.4 Å². The van der Waals surface area contributed by atoms with Gasteiger partial charge in [-0.3, -0.25) is 0 Å². The fourth-order valence-corrected chi connectivity index (χ4v) is 3.02. The van der Waals surface area contributed by atoms with Crippen LogP contribution in [0, 0.1) is 0 Å². The Hall–Kier alpha value is -1.70. The molecule has 1 fully saturated rings. The van der Waals surface area contributed by atoms with E-state index in [1.165, 1.54) is 21.6 Å².